The summed E-state index contributed by atoms with van der Waals surface area (Å²) in [5.74, 6) is -5.91. The first-order valence-electron chi connectivity index (χ1n) is 6.73. The number of nitrogens with zero attached hydrogens (tertiary/aromatic N) is 1. The Hall–Kier alpha value is -1.54. The van der Waals surface area contributed by atoms with Crippen molar-refractivity contribution in [3.05, 3.63) is 62.6 Å². The van der Waals surface area contributed by atoms with E-state index in [9.17, 15) is 23.1 Å². The molecule has 0 bridgehead atoms. The summed E-state index contributed by atoms with van der Waals surface area (Å²) in [5.41, 5.74) is -1.00. The number of aliphatic hydroxyl groups is 1. The largest absolute Gasteiger partial charge is 0.380 e. The molecule has 0 spiro atoms. The van der Waals surface area contributed by atoms with E-state index in [1.54, 1.807) is 0 Å². The Labute approximate surface area is 155 Å². The molecule has 134 valence electrons. The van der Waals surface area contributed by atoms with Gasteiger partial charge in [-0.1, -0.05) is 40.9 Å². The molecule has 0 saturated heterocycles. The number of aliphatic hydroxyl groups excluding tert-OH is 1. The smallest absolute Gasteiger partial charge is 0.295 e. The Morgan fingerprint density at radius 1 is 1.20 bits per heavy atom. The number of hydrogen-bond acceptors (Lipinski definition) is 3. The summed E-state index contributed by atoms with van der Waals surface area (Å²) in [6.45, 7) is -1.28. The van der Waals surface area contributed by atoms with Crippen LogP contribution in [-0.2, 0) is 0 Å². The third-order valence-electron chi connectivity index (χ3n) is 3.18. The summed E-state index contributed by atoms with van der Waals surface area (Å²) in [5, 5.41) is 11.2. The molecule has 0 aliphatic rings. The number of nitrogens with one attached hydrogen (secondary N) is 1. The Balaban J connectivity index is 2.12. The van der Waals surface area contributed by atoms with Crippen molar-refractivity contribution >= 4 is 40.7 Å². The van der Waals surface area contributed by atoms with Gasteiger partial charge in [0.2, 0.25) is 0 Å². The molecule has 0 fully saturated rings. The van der Waals surface area contributed by atoms with Crippen molar-refractivity contribution in [2.45, 2.75) is 12.0 Å². The zero-order valence-corrected chi connectivity index (χ0v) is 14.5. The fourth-order valence-electron chi connectivity index (χ4n) is 1.90. The van der Waals surface area contributed by atoms with Gasteiger partial charge in [0, 0.05) is 0 Å². The van der Waals surface area contributed by atoms with E-state index in [4.69, 9.17) is 34.8 Å². The second kappa shape index (κ2) is 7.78. The van der Waals surface area contributed by atoms with E-state index in [2.05, 4.69) is 4.98 Å². The summed E-state index contributed by atoms with van der Waals surface area (Å²) in [7, 11) is 0. The average molecular weight is 414 g/mol. The molecule has 4 nitrogen and oxygen atoms in total. The molecular formula is C15H10Cl3F3N2O2. The average Bonchev–Trinajstić information content (AvgIpc) is 2.54. The number of amides is 1. The highest BCUT2D eigenvalue weighted by atomic mass is 35.5. The van der Waals surface area contributed by atoms with Gasteiger partial charge < -0.3 is 10.4 Å². The van der Waals surface area contributed by atoms with Crippen LogP contribution in [0.15, 0.2) is 30.3 Å². The minimum absolute atomic E-state index is 0.0310. The van der Waals surface area contributed by atoms with E-state index in [1.165, 1.54) is 18.2 Å². The fraction of sp³-hybridized carbons (Fsp3) is 0.200. The Bertz CT molecular complexity index is 785. The first-order chi connectivity index (χ1) is 11.6. The number of aromatic nitrogens is 1. The number of halogens is 6. The van der Waals surface area contributed by atoms with Crippen LogP contribution in [0.1, 0.15) is 22.2 Å². The maximum atomic E-state index is 14.1. The minimum Gasteiger partial charge on any atom is -0.380 e. The van der Waals surface area contributed by atoms with Crippen molar-refractivity contribution < 1.29 is 23.1 Å². The maximum Gasteiger partial charge on any atom is 0.295 e. The van der Waals surface area contributed by atoms with Gasteiger partial charge in [0.25, 0.3) is 11.8 Å². The predicted molar refractivity (Wildman–Crippen MR) is 87.9 cm³/mol. The number of hydrogen-bond donors (Lipinski definition) is 2. The molecular weight excluding hydrogens is 404 g/mol. The van der Waals surface area contributed by atoms with Crippen LogP contribution in [0.4, 0.5) is 13.2 Å². The highest BCUT2D eigenvalue weighted by Gasteiger charge is 2.41. The summed E-state index contributed by atoms with van der Waals surface area (Å²) < 4.78 is 41.8. The van der Waals surface area contributed by atoms with E-state index >= 15 is 0 Å². The van der Waals surface area contributed by atoms with E-state index in [-0.39, 0.29) is 15.2 Å². The first kappa shape index (κ1) is 19.8. The normalized spacial score (nSPS) is 12.8. The molecule has 1 aromatic heterocycles. The molecule has 2 rings (SSSR count). The molecule has 0 aliphatic carbocycles. The van der Waals surface area contributed by atoms with Gasteiger partial charge in [-0.3, -0.25) is 4.79 Å². The SMILES string of the molecule is O=C(NCC(F)(F)C(O)c1ccc(Cl)c(Cl)n1)c1c(F)cccc1Cl. The van der Waals surface area contributed by atoms with Crippen LogP contribution in [0, 0.1) is 5.82 Å². The summed E-state index contributed by atoms with van der Waals surface area (Å²) in [4.78, 5) is 15.4. The lowest BCUT2D eigenvalue weighted by Gasteiger charge is -2.23. The molecule has 25 heavy (non-hydrogen) atoms. The predicted octanol–water partition coefficient (Wildman–Crippen LogP) is 4.28. The lowest BCUT2D eigenvalue weighted by molar-refractivity contribution is -0.108. The molecule has 0 aliphatic heterocycles. The molecule has 1 aromatic carbocycles. The van der Waals surface area contributed by atoms with Gasteiger partial charge in [0.1, 0.15) is 11.0 Å². The van der Waals surface area contributed by atoms with Crippen molar-refractivity contribution in [1.82, 2.24) is 10.3 Å². The Kier molecular flexibility index (Phi) is 6.16. The molecule has 0 saturated carbocycles. The number of alkyl halides is 2. The van der Waals surface area contributed by atoms with E-state index in [1.807, 2.05) is 5.32 Å². The van der Waals surface area contributed by atoms with Crippen molar-refractivity contribution in [2.24, 2.45) is 0 Å². The van der Waals surface area contributed by atoms with Crippen molar-refractivity contribution in [3.8, 4) is 0 Å². The lowest BCUT2D eigenvalue weighted by Crippen LogP contribution is -2.41. The van der Waals surface area contributed by atoms with Gasteiger partial charge in [0.15, 0.2) is 6.10 Å². The molecule has 10 heteroatoms. The van der Waals surface area contributed by atoms with Crippen LogP contribution in [0.2, 0.25) is 15.2 Å². The fourth-order valence-corrected chi connectivity index (χ4v) is 2.41. The number of carbonyl (C=O) groups is 1. The number of benzene rings is 1. The van der Waals surface area contributed by atoms with Crippen LogP contribution in [0.25, 0.3) is 0 Å². The van der Waals surface area contributed by atoms with Crippen LogP contribution < -0.4 is 5.32 Å². The zero-order chi connectivity index (χ0) is 18.8. The van der Waals surface area contributed by atoms with Crippen LogP contribution in [-0.4, -0.2) is 28.5 Å². The third kappa shape index (κ3) is 4.55. The zero-order valence-electron chi connectivity index (χ0n) is 12.2. The highest BCUT2D eigenvalue weighted by Crippen LogP contribution is 2.32. The van der Waals surface area contributed by atoms with Crippen LogP contribution >= 0.6 is 34.8 Å². The summed E-state index contributed by atoms with van der Waals surface area (Å²) >= 11 is 16.9. The van der Waals surface area contributed by atoms with Crippen LogP contribution in [0.3, 0.4) is 0 Å². The molecule has 2 N–H and O–H groups in total. The molecule has 1 unspecified atom stereocenters. The van der Waals surface area contributed by atoms with Crippen LogP contribution in [0.5, 0.6) is 0 Å². The van der Waals surface area contributed by atoms with E-state index in [0.717, 1.165) is 12.1 Å². The lowest BCUT2D eigenvalue weighted by atomic mass is 10.1. The van der Waals surface area contributed by atoms with Gasteiger partial charge in [-0.2, -0.15) is 0 Å². The topological polar surface area (TPSA) is 62.2 Å². The summed E-state index contributed by atoms with van der Waals surface area (Å²) in [6, 6.07) is 5.74. The van der Waals surface area contributed by atoms with Gasteiger partial charge in [-0.15, -0.1) is 0 Å². The second-order valence-corrected chi connectivity index (χ2v) is 6.12. The molecule has 2 aromatic rings. The van der Waals surface area contributed by atoms with Crippen molar-refractivity contribution in [3.63, 3.8) is 0 Å². The van der Waals surface area contributed by atoms with Gasteiger partial charge in [-0.05, 0) is 24.3 Å². The number of rotatable bonds is 5. The molecule has 1 atom stereocenters. The molecule has 1 heterocycles. The number of pyridine rings is 1. The van der Waals surface area contributed by atoms with E-state index < -0.39 is 41.6 Å². The quantitative estimate of drug-likeness (QED) is 0.719. The third-order valence-corrected chi connectivity index (χ3v) is 4.18. The maximum absolute atomic E-state index is 14.1. The standard InChI is InChI=1S/C15H10Cl3F3N2O2/c16-7-2-1-3-9(19)11(7)14(25)22-6-15(20,21)12(24)10-5-4-8(17)13(18)23-10/h1-5,12,24H,6H2,(H,22,25). The highest BCUT2D eigenvalue weighted by molar-refractivity contribution is 6.41. The molecule has 1 amide bonds. The summed E-state index contributed by atoms with van der Waals surface area (Å²) in [6.07, 6.45) is -2.36. The molecule has 0 radical (unpaired) electrons. The Morgan fingerprint density at radius 2 is 1.88 bits per heavy atom. The monoisotopic (exact) mass is 412 g/mol. The van der Waals surface area contributed by atoms with Crippen molar-refractivity contribution in [2.75, 3.05) is 6.54 Å². The van der Waals surface area contributed by atoms with Gasteiger partial charge >= 0.3 is 0 Å². The van der Waals surface area contributed by atoms with Crippen molar-refractivity contribution in [1.29, 1.82) is 0 Å². The minimum atomic E-state index is -3.81. The second-order valence-electron chi connectivity index (χ2n) is 4.95. The number of carbonyl (C=O) groups excluding carboxylic acids is 1. The first-order valence-corrected chi connectivity index (χ1v) is 7.87. The Morgan fingerprint density at radius 3 is 2.48 bits per heavy atom. The van der Waals surface area contributed by atoms with Gasteiger partial charge in [0.05, 0.1) is 27.8 Å². The van der Waals surface area contributed by atoms with E-state index in [0.29, 0.717) is 0 Å². The van der Waals surface area contributed by atoms with Gasteiger partial charge in [-0.25, -0.2) is 18.2 Å².